The van der Waals surface area contributed by atoms with Crippen molar-refractivity contribution >= 4 is 67.1 Å². The molecule has 0 bridgehead atoms. The molecule has 4 amide bonds. The van der Waals surface area contributed by atoms with Crippen LogP contribution in [0.3, 0.4) is 0 Å². The van der Waals surface area contributed by atoms with E-state index < -0.39 is 12.1 Å². The van der Waals surface area contributed by atoms with Crippen molar-refractivity contribution in [2.24, 2.45) is 11.8 Å². The lowest BCUT2D eigenvalue weighted by Crippen LogP contribution is -2.53. The molecule has 3 aromatic heterocycles. The predicted octanol–water partition coefficient (Wildman–Crippen LogP) is 9.10. The van der Waals surface area contributed by atoms with Crippen molar-refractivity contribution in [2.45, 2.75) is 115 Å². The number of unbranched alkanes of at least 4 members (excludes halogenated alkanes) is 2. The van der Waals surface area contributed by atoms with Gasteiger partial charge in [-0.1, -0.05) is 124 Å². The summed E-state index contributed by atoms with van der Waals surface area (Å²) in [6.45, 7) is 8.65. The summed E-state index contributed by atoms with van der Waals surface area (Å²) in [6, 6.07) is 37.4. The van der Waals surface area contributed by atoms with Crippen LogP contribution >= 0.6 is 0 Å². The molecule has 4 atom stereocenters. The van der Waals surface area contributed by atoms with Gasteiger partial charge in [-0.25, -0.2) is 0 Å². The Morgan fingerprint density at radius 3 is 1.50 bits per heavy atom. The maximum Gasteiger partial charge on any atom is 0.243 e. The number of benzene rings is 5. The molecule has 2 saturated heterocycles. The lowest BCUT2D eigenvalue weighted by Gasteiger charge is -2.27. The highest BCUT2D eigenvalue weighted by molar-refractivity contribution is 5.92. The van der Waals surface area contributed by atoms with E-state index in [9.17, 15) is 19.2 Å². The predicted molar refractivity (Wildman–Crippen MR) is 313 cm³/mol. The Morgan fingerprint density at radius 1 is 0.513 bits per heavy atom. The maximum absolute atomic E-state index is 14.0. The molecule has 5 heterocycles. The average Bonchev–Trinajstić information content (AvgIpc) is 4.25. The number of amides is 4. The van der Waals surface area contributed by atoms with Gasteiger partial charge in [0.2, 0.25) is 23.6 Å². The lowest BCUT2D eigenvalue weighted by molar-refractivity contribution is -0.132. The highest BCUT2D eigenvalue weighted by Gasteiger charge is 2.31. The molecule has 78 heavy (non-hydrogen) atoms. The topological polar surface area (TPSA) is 197 Å². The number of fused-ring (bicyclic) bond motifs is 4. The standard InChI is InChI=1S/C35H44N4O3.C29H35N5O2/c1-2-3-8-19-42-24-30(22-29-23-37-32-12-7-6-11-31(29)32)38-35(41)33(39-34(40)27-15-17-36-18-16-27)21-25-13-14-26-9-4-5-10-28(26)20-25;1-2-22(15-20-17-31-25-9-5-3-7-23(20)25)33-29(36)27(34-28(35)19-11-13-30-14-12-19)16-21-18-32-26-10-6-4-8-24(21)26/h4-7,9-14,20,23,27,30,33,36-37H,2-3,8,15-19,21-22,24H2,1H3,(H,38,41)(H,39,40);3-10,17-19,22,27,30-32H,2,11-16H2,1H3,(H,33,36)(H,34,35). The van der Waals surface area contributed by atoms with Crippen LogP contribution in [0.1, 0.15) is 87.5 Å². The van der Waals surface area contributed by atoms with Crippen molar-refractivity contribution in [3.05, 3.63) is 156 Å². The number of hydrogen-bond acceptors (Lipinski definition) is 7. The SMILES string of the molecule is CCC(Cc1c[nH]c2ccccc12)NC(=O)C(Cc1c[nH]c2ccccc12)NC(=O)C1CCNCC1.CCCCCOCC(Cc1c[nH]c2ccccc12)NC(=O)C(Cc1ccc2ccccc2c1)NC(=O)C1CCNCC1. The Bertz CT molecular complexity index is 3220. The fraction of sp³-hybridized carbons (Fsp3) is 0.406. The van der Waals surface area contributed by atoms with Gasteiger partial charge in [-0.15, -0.1) is 0 Å². The van der Waals surface area contributed by atoms with E-state index >= 15 is 0 Å². The summed E-state index contributed by atoms with van der Waals surface area (Å²) in [5.74, 6) is -0.510. The van der Waals surface area contributed by atoms with Gasteiger partial charge < -0.3 is 51.6 Å². The third-order valence-electron chi connectivity index (χ3n) is 15.7. The number of H-pyrrole nitrogens is 3. The van der Waals surface area contributed by atoms with Gasteiger partial charge in [0.15, 0.2) is 0 Å². The smallest absolute Gasteiger partial charge is 0.243 e. The minimum absolute atomic E-state index is 0.0267. The van der Waals surface area contributed by atoms with Gasteiger partial charge in [-0.05, 0) is 129 Å². The maximum atomic E-state index is 14.0. The van der Waals surface area contributed by atoms with E-state index in [0.29, 0.717) is 32.5 Å². The molecule has 410 valence electrons. The summed E-state index contributed by atoms with van der Waals surface area (Å²) < 4.78 is 6.06. The summed E-state index contributed by atoms with van der Waals surface area (Å²) in [5, 5.41) is 25.1. The number of nitrogens with one attached hydrogen (secondary N) is 9. The van der Waals surface area contributed by atoms with Crippen LogP contribution in [-0.4, -0.2) is 102 Å². The molecule has 0 aliphatic carbocycles. The first-order chi connectivity index (χ1) is 38.2. The first kappa shape index (κ1) is 55.5. The van der Waals surface area contributed by atoms with Crippen LogP contribution in [0.4, 0.5) is 0 Å². The molecule has 0 spiro atoms. The molecule has 0 saturated carbocycles. The minimum Gasteiger partial charge on any atom is -0.379 e. The van der Waals surface area contributed by atoms with Gasteiger partial charge in [0, 0.05) is 88.6 Å². The molecular weight excluding hydrogens is 975 g/mol. The van der Waals surface area contributed by atoms with Crippen LogP contribution in [0.2, 0.25) is 0 Å². The molecule has 14 nitrogen and oxygen atoms in total. The van der Waals surface area contributed by atoms with Gasteiger partial charge in [0.25, 0.3) is 0 Å². The average molecular weight is 1050 g/mol. The number of rotatable bonds is 23. The molecule has 10 rings (SSSR count). The Morgan fingerprint density at radius 2 is 0.974 bits per heavy atom. The van der Waals surface area contributed by atoms with Gasteiger partial charge in [-0.3, -0.25) is 19.2 Å². The third-order valence-corrected chi connectivity index (χ3v) is 15.7. The molecule has 2 aliphatic heterocycles. The van der Waals surface area contributed by atoms with E-state index in [2.05, 4.69) is 121 Å². The number of carbonyl (C=O) groups excluding carboxylic acids is 4. The van der Waals surface area contributed by atoms with E-state index in [1.807, 2.05) is 73.2 Å². The first-order valence-corrected chi connectivity index (χ1v) is 28.6. The van der Waals surface area contributed by atoms with E-state index in [-0.39, 0.29) is 47.5 Å². The number of ether oxygens (including phenoxy) is 1. The van der Waals surface area contributed by atoms with Crippen molar-refractivity contribution in [3.8, 4) is 0 Å². The molecule has 4 unspecified atom stereocenters. The quantitative estimate of drug-likeness (QED) is 0.0285. The Hall–Kier alpha value is -7.26. The van der Waals surface area contributed by atoms with Crippen LogP contribution < -0.4 is 31.9 Å². The Kier molecular flexibility index (Phi) is 19.8. The number of aromatic nitrogens is 3. The Balaban J connectivity index is 0.000000192. The van der Waals surface area contributed by atoms with Crippen LogP contribution in [0.15, 0.2) is 134 Å². The highest BCUT2D eigenvalue weighted by Crippen LogP contribution is 2.24. The van der Waals surface area contributed by atoms with Crippen molar-refractivity contribution in [1.82, 2.24) is 46.9 Å². The summed E-state index contributed by atoms with van der Waals surface area (Å²) in [4.78, 5) is 64.0. The van der Waals surface area contributed by atoms with Crippen LogP contribution in [0.5, 0.6) is 0 Å². The number of para-hydroxylation sites is 3. The molecule has 8 aromatic rings. The molecule has 9 N–H and O–H groups in total. The van der Waals surface area contributed by atoms with Crippen molar-refractivity contribution in [2.75, 3.05) is 39.4 Å². The van der Waals surface area contributed by atoms with Crippen molar-refractivity contribution in [3.63, 3.8) is 0 Å². The second-order valence-corrected chi connectivity index (χ2v) is 21.3. The second-order valence-electron chi connectivity index (χ2n) is 21.3. The largest absolute Gasteiger partial charge is 0.379 e. The van der Waals surface area contributed by atoms with E-state index in [4.69, 9.17) is 4.74 Å². The fourth-order valence-corrected chi connectivity index (χ4v) is 11.2. The van der Waals surface area contributed by atoms with Crippen molar-refractivity contribution < 1.29 is 23.9 Å². The normalized spacial score (nSPS) is 15.8. The Labute approximate surface area is 458 Å². The van der Waals surface area contributed by atoms with Gasteiger partial charge in [-0.2, -0.15) is 0 Å². The molecule has 2 aliphatic rings. The zero-order valence-electron chi connectivity index (χ0n) is 45.4. The highest BCUT2D eigenvalue weighted by atomic mass is 16.5. The van der Waals surface area contributed by atoms with Crippen LogP contribution in [-0.2, 0) is 49.6 Å². The number of carbonyl (C=O) groups is 4. The monoisotopic (exact) mass is 1050 g/mol. The summed E-state index contributed by atoms with van der Waals surface area (Å²) in [5.41, 5.74) is 7.57. The van der Waals surface area contributed by atoms with Crippen LogP contribution in [0, 0.1) is 11.8 Å². The number of hydrogen-bond donors (Lipinski definition) is 9. The fourth-order valence-electron chi connectivity index (χ4n) is 11.2. The molecule has 2 fully saturated rings. The molecular formula is C64H79N9O5. The van der Waals surface area contributed by atoms with Gasteiger partial charge in [0.1, 0.15) is 12.1 Å². The number of piperidine rings is 2. The van der Waals surface area contributed by atoms with E-state index in [1.54, 1.807) is 0 Å². The van der Waals surface area contributed by atoms with Gasteiger partial charge >= 0.3 is 0 Å². The summed E-state index contributed by atoms with van der Waals surface area (Å²) in [7, 11) is 0. The molecule has 0 radical (unpaired) electrons. The zero-order valence-corrected chi connectivity index (χ0v) is 45.4. The van der Waals surface area contributed by atoms with Crippen LogP contribution in [0.25, 0.3) is 43.5 Å². The summed E-state index contributed by atoms with van der Waals surface area (Å²) in [6.07, 6.45) is 15.4. The van der Waals surface area contributed by atoms with E-state index in [1.165, 1.54) is 10.9 Å². The minimum atomic E-state index is -0.681. The summed E-state index contributed by atoms with van der Waals surface area (Å²) >= 11 is 0. The van der Waals surface area contributed by atoms with Crippen molar-refractivity contribution in [1.29, 1.82) is 0 Å². The first-order valence-electron chi connectivity index (χ1n) is 28.6. The lowest BCUT2D eigenvalue weighted by atomic mass is 9.95. The molecule has 14 heteroatoms. The van der Waals surface area contributed by atoms with E-state index in [0.717, 1.165) is 139 Å². The second kappa shape index (κ2) is 27.9. The van der Waals surface area contributed by atoms with Gasteiger partial charge in [0.05, 0.1) is 12.6 Å². The number of aromatic amines is 3. The third kappa shape index (κ3) is 14.9. The zero-order chi connectivity index (χ0) is 54.1. The molecule has 5 aromatic carbocycles.